The number of carbonyl (C=O) groups excluding carboxylic acids is 4. The van der Waals surface area contributed by atoms with Crippen molar-refractivity contribution in [3.8, 4) is 0 Å². The minimum Gasteiger partial charge on any atom is -0.548 e. The smallest absolute Gasteiger partial charge is 0.548 e. The van der Waals surface area contributed by atoms with Crippen LogP contribution in [0, 0.1) is 0 Å². The first-order chi connectivity index (χ1) is 19.8. The van der Waals surface area contributed by atoms with E-state index in [2.05, 4.69) is 0 Å². The Labute approximate surface area is 300 Å². The number of hydrogen-bond acceptors (Lipinski definition) is 8. The van der Waals surface area contributed by atoms with Gasteiger partial charge in [0.05, 0.1) is 36.3 Å². The predicted octanol–water partition coefficient (Wildman–Crippen LogP) is -5.60. The first kappa shape index (κ1) is 40.7. The quantitative estimate of drug-likeness (QED) is 0.182. The molecule has 4 atom stereocenters. The number of benzene rings is 2. The Bertz CT molecular complexity index is 1260. The fourth-order valence-corrected chi connectivity index (χ4v) is 8.07. The van der Waals surface area contributed by atoms with Crippen LogP contribution in [0.4, 0.5) is 0 Å². The molecule has 2 saturated heterocycles. The third-order valence-electron chi connectivity index (χ3n) is 7.00. The van der Waals surface area contributed by atoms with Crippen LogP contribution in [-0.4, -0.2) is 80.8 Å². The Morgan fingerprint density at radius 3 is 1.27 bits per heavy atom. The zero-order chi connectivity index (χ0) is 30.9. The van der Waals surface area contributed by atoms with Gasteiger partial charge in [0.15, 0.2) is 0 Å². The van der Waals surface area contributed by atoms with E-state index in [-0.39, 0.29) is 71.4 Å². The summed E-state index contributed by atoms with van der Waals surface area (Å²) < 4.78 is 24.3. The Morgan fingerprint density at radius 2 is 0.977 bits per heavy atom. The van der Waals surface area contributed by atoms with Crippen molar-refractivity contribution in [1.29, 1.82) is 0 Å². The monoisotopic (exact) mass is 666 g/mol. The molecule has 2 fully saturated rings. The van der Waals surface area contributed by atoms with E-state index < -0.39 is 62.9 Å². The molecule has 0 spiro atoms. The molecule has 16 heteroatoms. The second kappa shape index (κ2) is 18.7. The van der Waals surface area contributed by atoms with Crippen molar-refractivity contribution in [1.82, 2.24) is 9.80 Å². The maximum atomic E-state index is 12.2. The Morgan fingerprint density at radius 1 is 0.659 bits per heavy atom. The topological polar surface area (TPSA) is 195 Å². The Hall–Kier alpha value is -1.30. The second-order valence-corrected chi connectivity index (χ2v) is 15.1. The minimum atomic E-state index is -3.68. The van der Waals surface area contributed by atoms with Crippen LogP contribution in [0.2, 0.25) is 0 Å². The van der Waals surface area contributed by atoms with Gasteiger partial charge in [-0.1, -0.05) is 60.7 Å². The molecule has 12 nitrogen and oxygen atoms in total. The van der Waals surface area contributed by atoms with E-state index in [1.807, 2.05) is 0 Å². The van der Waals surface area contributed by atoms with Crippen molar-refractivity contribution in [2.24, 2.45) is 0 Å². The molecule has 228 valence electrons. The number of likely N-dealkylation sites (tertiary alicyclic amines) is 2. The third kappa shape index (κ3) is 12.8. The van der Waals surface area contributed by atoms with Crippen molar-refractivity contribution < 1.29 is 107 Å². The molecule has 2 heterocycles. The standard InChI is InChI=1S/2C14H18NO5P.2Na/c2*16-13(15-8-4-7-12(15)14(17)18)10-21(19,20)9-11-5-2-1-3-6-11;;/h2*1-3,5-6,12H,4,7-10H2,(H,17,18)(H,19,20);;/q;;2*+1/p-2/t2*12-;;/m00../s1. The van der Waals surface area contributed by atoms with Crippen molar-refractivity contribution in [2.45, 2.75) is 50.1 Å². The van der Waals surface area contributed by atoms with Gasteiger partial charge in [-0.3, -0.25) is 18.7 Å². The van der Waals surface area contributed by atoms with E-state index in [9.17, 15) is 48.3 Å². The fourth-order valence-electron chi connectivity index (χ4n) is 5.07. The molecule has 0 aromatic heterocycles. The maximum Gasteiger partial charge on any atom is 1.00 e. The zero-order valence-corrected chi connectivity index (χ0v) is 30.7. The molecule has 2 aliphatic heterocycles. The summed E-state index contributed by atoms with van der Waals surface area (Å²) in [6, 6.07) is 15.5. The number of rotatable bonds is 10. The third-order valence-corrected chi connectivity index (χ3v) is 10.2. The molecular formula is C28H34N2Na2O10P2. The summed E-state index contributed by atoms with van der Waals surface area (Å²) in [5, 5.41) is 21.9. The molecule has 44 heavy (non-hydrogen) atoms. The van der Waals surface area contributed by atoms with E-state index in [1.165, 1.54) is 0 Å². The fraction of sp³-hybridized carbons (Fsp3) is 0.429. The molecule has 0 radical (unpaired) electrons. The van der Waals surface area contributed by atoms with Gasteiger partial charge in [0.1, 0.15) is 12.3 Å². The van der Waals surface area contributed by atoms with Crippen LogP contribution in [-0.2, 0) is 40.6 Å². The van der Waals surface area contributed by atoms with Crippen LogP contribution in [0.1, 0.15) is 36.8 Å². The van der Waals surface area contributed by atoms with Gasteiger partial charge in [0.2, 0.25) is 26.6 Å². The molecule has 0 bridgehead atoms. The number of carbonyl (C=O) groups is 4. The summed E-state index contributed by atoms with van der Waals surface area (Å²) >= 11 is 0. The van der Waals surface area contributed by atoms with Crippen LogP contribution >= 0.6 is 14.7 Å². The van der Waals surface area contributed by atoms with E-state index in [4.69, 9.17) is 0 Å². The van der Waals surface area contributed by atoms with Crippen molar-refractivity contribution >= 4 is 38.5 Å². The summed E-state index contributed by atoms with van der Waals surface area (Å²) in [6.45, 7) is 0.589. The maximum absolute atomic E-state index is 12.2. The van der Waals surface area contributed by atoms with Crippen LogP contribution in [0.3, 0.4) is 0 Å². The van der Waals surface area contributed by atoms with Gasteiger partial charge in [-0.05, 0) is 36.8 Å². The van der Waals surface area contributed by atoms with Crippen LogP contribution in [0.25, 0.3) is 0 Å². The molecule has 2 aromatic carbocycles. The zero-order valence-electron chi connectivity index (χ0n) is 24.9. The van der Waals surface area contributed by atoms with Gasteiger partial charge in [-0.25, -0.2) is 0 Å². The van der Waals surface area contributed by atoms with E-state index in [0.29, 0.717) is 49.9 Å². The number of nitrogens with zero attached hydrogens (tertiary/aromatic N) is 2. The number of hydrogen-bond donors (Lipinski definition) is 2. The predicted molar refractivity (Wildman–Crippen MR) is 149 cm³/mol. The first-order valence-electron chi connectivity index (χ1n) is 13.5. The average molecular weight is 667 g/mol. The SMILES string of the molecule is O=C([O-])[C@@H]1CCCN1C(=O)CP(=O)(O)Cc1ccccc1.O=C([O-])[C@@H]1CCCN1C(=O)CP(=O)(O)Cc1ccccc1.[Na+].[Na+]. The summed E-state index contributed by atoms with van der Waals surface area (Å²) in [5.41, 5.74) is 1.35. The molecule has 2 aliphatic rings. The van der Waals surface area contributed by atoms with Gasteiger partial charge >= 0.3 is 59.1 Å². The molecule has 4 rings (SSSR count). The Kier molecular flexibility index (Phi) is 17.4. The van der Waals surface area contributed by atoms with E-state index in [0.717, 1.165) is 9.80 Å². The van der Waals surface area contributed by atoms with Crippen LogP contribution in [0.5, 0.6) is 0 Å². The van der Waals surface area contributed by atoms with Crippen LogP contribution < -0.4 is 69.3 Å². The average Bonchev–Trinajstić information content (AvgIpc) is 3.60. The van der Waals surface area contributed by atoms with Crippen molar-refractivity contribution in [2.75, 3.05) is 25.4 Å². The van der Waals surface area contributed by atoms with Gasteiger partial charge in [-0.2, -0.15) is 0 Å². The minimum absolute atomic E-state index is 0. The van der Waals surface area contributed by atoms with Gasteiger partial charge < -0.3 is 39.4 Å². The van der Waals surface area contributed by atoms with Gasteiger partial charge in [-0.15, -0.1) is 0 Å². The summed E-state index contributed by atoms with van der Waals surface area (Å²) in [6.07, 6.45) is 0.548. The largest absolute Gasteiger partial charge is 1.00 e. The van der Waals surface area contributed by atoms with Gasteiger partial charge in [0.25, 0.3) is 0 Å². The molecule has 2 aromatic rings. The molecule has 2 unspecified atom stereocenters. The van der Waals surface area contributed by atoms with Crippen molar-refractivity contribution in [3.63, 3.8) is 0 Å². The molecule has 0 aliphatic carbocycles. The van der Waals surface area contributed by atoms with E-state index in [1.54, 1.807) is 60.7 Å². The first-order valence-corrected chi connectivity index (χ1v) is 17.5. The number of carboxylic acid groups (broad SMARTS) is 2. The Balaban J connectivity index is 0.000000421. The van der Waals surface area contributed by atoms with E-state index >= 15 is 0 Å². The number of carboxylic acids is 2. The molecule has 2 amide bonds. The number of aliphatic carboxylic acids is 2. The normalized spacial score (nSPS) is 20.0. The number of amides is 2. The summed E-state index contributed by atoms with van der Waals surface area (Å²) in [5.74, 6) is -3.81. The molecular weight excluding hydrogens is 632 g/mol. The molecule has 0 saturated carbocycles. The molecule has 2 N–H and O–H groups in total. The summed E-state index contributed by atoms with van der Waals surface area (Å²) in [7, 11) is -7.37. The summed E-state index contributed by atoms with van der Waals surface area (Å²) in [4.78, 5) is 68.2. The second-order valence-electron chi connectivity index (χ2n) is 10.4. The van der Waals surface area contributed by atoms with Crippen molar-refractivity contribution in [3.05, 3.63) is 71.8 Å². The van der Waals surface area contributed by atoms with Crippen LogP contribution in [0.15, 0.2) is 60.7 Å². The van der Waals surface area contributed by atoms with Gasteiger partial charge in [0, 0.05) is 13.1 Å².